The lowest BCUT2D eigenvalue weighted by molar-refractivity contribution is -0.116. The average Bonchev–Trinajstić information content (AvgIpc) is 2.26. The minimum atomic E-state index is -0.405. The van der Waals surface area contributed by atoms with Gasteiger partial charge in [-0.3, -0.25) is 4.79 Å². The van der Waals surface area contributed by atoms with Gasteiger partial charge in [0.05, 0.1) is 12.1 Å². The Kier molecular flexibility index (Phi) is 5.23. The SMILES string of the molecule is Cc1ccc(C(N)=S)c(N(CC(N)=O)CC(C)C)n1. The van der Waals surface area contributed by atoms with Crippen molar-refractivity contribution in [2.75, 3.05) is 18.0 Å². The molecule has 1 heterocycles. The molecule has 0 spiro atoms. The predicted octanol–water partition coefficient (Wildman–Crippen LogP) is 0.972. The standard InChI is InChI=1S/C13H20N4OS/c1-8(2)6-17(7-11(14)18)13-10(12(15)19)5-4-9(3)16-13/h4-5,8H,6-7H2,1-3H3,(H2,14,18)(H2,15,19). The molecule has 0 aliphatic rings. The summed E-state index contributed by atoms with van der Waals surface area (Å²) >= 11 is 5.03. The number of nitrogens with zero attached hydrogens (tertiary/aromatic N) is 2. The summed E-state index contributed by atoms with van der Waals surface area (Å²) < 4.78 is 0. The van der Waals surface area contributed by atoms with Crippen molar-refractivity contribution in [3.63, 3.8) is 0 Å². The zero-order valence-electron chi connectivity index (χ0n) is 11.5. The molecule has 6 heteroatoms. The van der Waals surface area contributed by atoms with E-state index in [1.807, 2.05) is 24.0 Å². The van der Waals surface area contributed by atoms with Crippen LogP contribution >= 0.6 is 12.2 Å². The van der Waals surface area contributed by atoms with Crippen LogP contribution in [0.4, 0.5) is 5.82 Å². The van der Waals surface area contributed by atoms with E-state index in [2.05, 4.69) is 18.8 Å². The number of primary amides is 1. The number of carbonyl (C=O) groups is 1. The van der Waals surface area contributed by atoms with Gasteiger partial charge in [0, 0.05) is 12.2 Å². The summed E-state index contributed by atoms with van der Waals surface area (Å²) in [7, 11) is 0. The van der Waals surface area contributed by atoms with Crippen LogP contribution in [0.1, 0.15) is 25.1 Å². The van der Waals surface area contributed by atoms with Crippen molar-refractivity contribution in [2.45, 2.75) is 20.8 Å². The summed E-state index contributed by atoms with van der Waals surface area (Å²) in [4.78, 5) is 17.8. The lowest BCUT2D eigenvalue weighted by atomic mass is 10.1. The van der Waals surface area contributed by atoms with Gasteiger partial charge in [-0.1, -0.05) is 26.1 Å². The van der Waals surface area contributed by atoms with Gasteiger partial charge in [-0.05, 0) is 25.0 Å². The first-order valence-electron chi connectivity index (χ1n) is 6.12. The Hall–Kier alpha value is -1.69. The van der Waals surface area contributed by atoms with Crippen LogP contribution in [0, 0.1) is 12.8 Å². The molecule has 19 heavy (non-hydrogen) atoms. The van der Waals surface area contributed by atoms with Gasteiger partial charge in [0.25, 0.3) is 0 Å². The van der Waals surface area contributed by atoms with Crippen LogP contribution in [-0.4, -0.2) is 29.0 Å². The number of pyridine rings is 1. The third-order valence-corrected chi connectivity index (χ3v) is 2.73. The zero-order chi connectivity index (χ0) is 14.6. The summed E-state index contributed by atoms with van der Waals surface area (Å²) in [6.45, 7) is 6.76. The van der Waals surface area contributed by atoms with Gasteiger partial charge < -0.3 is 16.4 Å². The van der Waals surface area contributed by atoms with Crippen molar-refractivity contribution in [1.29, 1.82) is 0 Å². The average molecular weight is 280 g/mol. The van der Waals surface area contributed by atoms with Crippen molar-refractivity contribution >= 4 is 28.9 Å². The quantitative estimate of drug-likeness (QED) is 0.758. The minimum Gasteiger partial charge on any atom is -0.389 e. The van der Waals surface area contributed by atoms with Crippen molar-refractivity contribution in [3.8, 4) is 0 Å². The Bertz CT molecular complexity index is 488. The van der Waals surface area contributed by atoms with Crippen LogP contribution in [0.3, 0.4) is 0 Å². The fraction of sp³-hybridized carbons (Fsp3) is 0.462. The highest BCUT2D eigenvalue weighted by molar-refractivity contribution is 7.80. The maximum Gasteiger partial charge on any atom is 0.236 e. The number of hydrogen-bond acceptors (Lipinski definition) is 4. The molecule has 1 amide bonds. The lowest BCUT2D eigenvalue weighted by Crippen LogP contribution is -2.38. The molecular weight excluding hydrogens is 260 g/mol. The van der Waals surface area contributed by atoms with Gasteiger partial charge >= 0.3 is 0 Å². The molecule has 0 fully saturated rings. The van der Waals surface area contributed by atoms with Crippen LogP contribution in [0.25, 0.3) is 0 Å². The highest BCUT2D eigenvalue weighted by atomic mass is 32.1. The molecule has 0 bridgehead atoms. The van der Waals surface area contributed by atoms with Crippen LogP contribution in [-0.2, 0) is 4.79 Å². The van der Waals surface area contributed by atoms with E-state index in [1.54, 1.807) is 0 Å². The second-order valence-corrected chi connectivity index (χ2v) is 5.37. The van der Waals surface area contributed by atoms with Gasteiger partial charge in [-0.25, -0.2) is 4.98 Å². The molecule has 1 aromatic rings. The predicted molar refractivity (Wildman–Crippen MR) is 81.1 cm³/mol. The number of rotatable bonds is 6. The first-order chi connectivity index (χ1) is 8.81. The molecule has 104 valence electrons. The van der Waals surface area contributed by atoms with Crippen molar-refractivity contribution in [1.82, 2.24) is 4.98 Å². The fourth-order valence-electron chi connectivity index (χ4n) is 1.83. The Balaban J connectivity index is 3.22. The third kappa shape index (κ3) is 4.48. The molecule has 0 atom stereocenters. The summed E-state index contributed by atoms with van der Waals surface area (Å²) in [6.07, 6.45) is 0. The summed E-state index contributed by atoms with van der Waals surface area (Å²) in [5.74, 6) is 0.582. The fourth-order valence-corrected chi connectivity index (χ4v) is 1.99. The van der Waals surface area contributed by atoms with E-state index in [9.17, 15) is 4.79 Å². The van der Waals surface area contributed by atoms with Crippen LogP contribution < -0.4 is 16.4 Å². The largest absolute Gasteiger partial charge is 0.389 e. The van der Waals surface area contributed by atoms with E-state index in [0.717, 1.165) is 5.69 Å². The summed E-state index contributed by atoms with van der Waals surface area (Å²) in [5, 5.41) is 0. The Morgan fingerprint density at radius 1 is 1.42 bits per heavy atom. The number of nitrogens with two attached hydrogens (primary N) is 2. The first-order valence-corrected chi connectivity index (χ1v) is 6.52. The molecule has 1 aromatic heterocycles. The Morgan fingerprint density at radius 2 is 2.05 bits per heavy atom. The molecule has 5 nitrogen and oxygen atoms in total. The van der Waals surface area contributed by atoms with Crippen molar-refractivity contribution in [3.05, 3.63) is 23.4 Å². The molecule has 0 aliphatic carbocycles. The highest BCUT2D eigenvalue weighted by Crippen LogP contribution is 2.19. The van der Waals surface area contributed by atoms with Crippen LogP contribution in [0.5, 0.6) is 0 Å². The number of aromatic nitrogens is 1. The number of anilines is 1. The van der Waals surface area contributed by atoms with E-state index in [4.69, 9.17) is 23.7 Å². The molecule has 1 rings (SSSR count). The Labute approximate surface area is 119 Å². The van der Waals surface area contributed by atoms with Crippen LogP contribution in [0.15, 0.2) is 12.1 Å². The minimum absolute atomic E-state index is 0.101. The molecule has 0 aliphatic heterocycles. The normalized spacial score (nSPS) is 10.5. The highest BCUT2D eigenvalue weighted by Gasteiger charge is 2.17. The Morgan fingerprint density at radius 3 is 2.53 bits per heavy atom. The van der Waals surface area contributed by atoms with E-state index < -0.39 is 5.91 Å². The second-order valence-electron chi connectivity index (χ2n) is 4.93. The number of hydrogen-bond donors (Lipinski definition) is 2. The molecule has 0 saturated carbocycles. The van der Waals surface area contributed by atoms with E-state index in [1.165, 1.54) is 0 Å². The molecule has 0 aromatic carbocycles. The molecule has 0 radical (unpaired) electrons. The van der Waals surface area contributed by atoms with Crippen molar-refractivity contribution in [2.24, 2.45) is 17.4 Å². The van der Waals surface area contributed by atoms with Crippen molar-refractivity contribution < 1.29 is 4.79 Å². The third-order valence-electron chi connectivity index (χ3n) is 2.51. The van der Waals surface area contributed by atoms with Gasteiger partial charge in [0.1, 0.15) is 10.8 Å². The summed E-state index contributed by atoms with van der Waals surface area (Å²) in [5.41, 5.74) is 12.5. The maximum atomic E-state index is 11.2. The smallest absolute Gasteiger partial charge is 0.236 e. The van der Waals surface area contributed by atoms with Crippen LogP contribution in [0.2, 0.25) is 0 Å². The maximum absolute atomic E-state index is 11.2. The number of thiocarbonyl (C=S) groups is 1. The molecule has 0 saturated heterocycles. The molecule has 0 unspecified atom stereocenters. The van der Waals surface area contributed by atoms with E-state index in [0.29, 0.717) is 23.8 Å². The van der Waals surface area contributed by atoms with Gasteiger partial charge in [0.15, 0.2) is 0 Å². The van der Waals surface area contributed by atoms with Gasteiger partial charge in [-0.2, -0.15) is 0 Å². The van der Waals surface area contributed by atoms with E-state index in [-0.39, 0.29) is 11.5 Å². The topological polar surface area (TPSA) is 85.2 Å². The van der Waals surface area contributed by atoms with E-state index >= 15 is 0 Å². The second kappa shape index (κ2) is 6.47. The monoisotopic (exact) mass is 280 g/mol. The molecular formula is C13H20N4OS. The van der Waals surface area contributed by atoms with Gasteiger partial charge in [0.2, 0.25) is 5.91 Å². The lowest BCUT2D eigenvalue weighted by Gasteiger charge is -2.26. The number of aryl methyl sites for hydroxylation is 1. The number of carbonyl (C=O) groups excluding carboxylic acids is 1. The summed E-state index contributed by atoms with van der Waals surface area (Å²) in [6, 6.07) is 3.67. The zero-order valence-corrected chi connectivity index (χ0v) is 12.3. The number of amides is 1. The first kappa shape index (κ1) is 15.4. The molecule has 4 N–H and O–H groups in total. The van der Waals surface area contributed by atoms with Gasteiger partial charge in [-0.15, -0.1) is 0 Å².